The molecule has 0 aliphatic rings. The number of benzene rings is 1. The minimum atomic E-state index is 0.791. The highest BCUT2D eigenvalue weighted by atomic mass is 35.5. The fraction of sp³-hybridized carbons (Fsp3) is 0.100. The Hall–Kier alpha value is -0.0900. The topological polar surface area (TPSA) is 0 Å². The third kappa shape index (κ3) is 2.28. The molecule has 0 unspecified atom stereocenters. The lowest BCUT2D eigenvalue weighted by Gasteiger charge is -1.91. The molecule has 0 aliphatic carbocycles. The Kier molecular flexibility index (Phi) is 3.44. The largest absolute Gasteiger partial charge is 0.312 e. The number of halogens is 1. The zero-order valence-corrected chi connectivity index (χ0v) is 10.7. The molecule has 0 nitrogen and oxygen atoms in total. The van der Waals surface area contributed by atoms with Gasteiger partial charge in [0.25, 0.3) is 0 Å². The molecule has 2 aromatic rings. The van der Waals surface area contributed by atoms with Gasteiger partial charge in [0, 0.05) is 10.6 Å². The Morgan fingerprint density at radius 1 is 1.29 bits per heavy atom. The van der Waals surface area contributed by atoms with Gasteiger partial charge < -0.3 is 0 Å². The van der Waals surface area contributed by atoms with Crippen LogP contribution in [0.25, 0.3) is 10.4 Å². The van der Waals surface area contributed by atoms with Gasteiger partial charge in [0.1, 0.15) is 16.7 Å². The number of rotatable bonds is 2. The van der Waals surface area contributed by atoms with Gasteiger partial charge in [0.15, 0.2) is 4.88 Å². The van der Waals surface area contributed by atoms with Crippen LogP contribution in [0.3, 0.4) is 0 Å². The van der Waals surface area contributed by atoms with Gasteiger partial charge in [-0.1, -0.05) is 35.5 Å². The number of hydrogen-bond donors (Lipinski definition) is 0. The van der Waals surface area contributed by atoms with Crippen LogP contribution in [0.5, 0.6) is 0 Å². The lowest BCUT2D eigenvalue weighted by molar-refractivity contribution is 1.70. The maximum Gasteiger partial charge on any atom is 0.312 e. The molecule has 1 heterocycles. The van der Waals surface area contributed by atoms with Crippen molar-refractivity contribution in [2.75, 3.05) is 6.26 Å². The second-order valence-electron chi connectivity index (χ2n) is 2.66. The average molecular weight is 260 g/mol. The summed E-state index contributed by atoms with van der Waals surface area (Å²) in [6.45, 7) is 0. The molecule has 1 aromatic heterocycles. The summed E-state index contributed by atoms with van der Waals surface area (Å²) < 4.78 is 1.38. The van der Waals surface area contributed by atoms with Gasteiger partial charge in [0.2, 0.25) is 0 Å². The van der Waals surface area contributed by atoms with E-state index in [0.29, 0.717) is 0 Å². The van der Waals surface area contributed by atoms with Gasteiger partial charge in [-0.3, -0.25) is 0 Å². The molecule has 2 rings (SSSR count). The van der Waals surface area contributed by atoms with Crippen LogP contribution in [-0.2, 0) is 0 Å². The highest BCUT2D eigenvalue weighted by Gasteiger charge is 2.14. The van der Waals surface area contributed by atoms with Crippen molar-refractivity contribution in [1.82, 2.24) is 0 Å². The van der Waals surface area contributed by atoms with E-state index in [4.69, 9.17) is 11.6 Å². The first kappa shape index (κ1) is 10.4. The van der Waals surface area contributed by atoms with Gasteiger partial charge in [0.05, 0.1) is 11.3 Å². The molecule has 0 saturated carbocycles. The molecule has 0 amide bonds. The summed E-state index contributed by atoms with van der Waals surface area (Å²) in [7, 11) is 0. The number of thioether (sulfide) groups is 1. The maximum absolute atomic E-state index is 5.83. The molecular weight excluding hydrogens is 252 g/mol. The van der Waals surface area contributed by atoms with Crippen molar-refractivity contribution in [2.45, 2.75) is 3.52 Å². The van der Waals surface area contributed by atoms with Crippen LogP contribution >= 0.6 is 46.0 Å². The molecule has 0 fully saturated rings. The van der Waals surface area contributed by atoms with Crippen molar-refractivity contribution in [1.29, 1.82) is 0 Å². The molecule has 0 radical (unpaired) electrons. The van der Waals surface area contributed by atoms with Crippen LogP contribution in [0.15, 0.2) is 33.2 Å². The Labute approximate surface area is 101 Å². The summed E-state index contributed by atoms with van der Waals surface area (Å²) in [5.41, 5.74) is 1.25. The summed E-state index contributed by atoms with van der Waals surface area (Å²) in [4.78, 5) is 1.32. The van der Waals surface area contributed by atoms with E-state index < -0.39 is 0 Å². The molecule has 4 heteroatoms. The van der Waals surface area contributed by atoms with E-state index in [9.17, 15) is 0 Å². The second kappa shape index (κ2) is 4.62. The van der Waals surface area contributed by atoms with Crippen LogP contribution in [-0.4, -0.2) is 6.26 Å². The summed E-state index contributed by atoms with van der Waals surface area (Å²) in [6, 6.07) is 7.98. The molecule has 0 aliphatic heterocycles. The Morgan fingerprint density at radius 2 is 2.00 bits per heavy atom. The van der Waals surface area contributed by atoms with Crippen LogP contribution in [0.1, 0.15) is 0 Å². The van der Waals surface area contributed by atoms with Crippen LogP contribution in [0.4, 0.5) is 0 Å². The molecule has 0 N–H and O–H groups in total. The number of hydrogen-bond acceptors (Lipinski definition) is 2. The predicted molar refractivity (Wildman–Crippen MR) is 68.8 cm³/mol. The molecule has 0 saturated heterocycles. The van der Waals surface area contributed by atoms with Crippen LogP contribution in [0, 0.1) is 0 Å². The first-order valence-corrected chi connectivity index (χ1v) is 7.31. The quantitative estimate of drug-likeness (QED) is 0.532. The Bertz CT molecular complexity index is 419. The smallest absolute Gasteiger partial charge is 0.0843 e. The van der Waals surface area contributed by atoms with Gasteiger partial charge >= 0.3 is 3.52 Å². The van der Waals surface area contributed by atoms with Crippen molar-refractivity contribution in [3.05, 3.63) is 34.7 Å². The Balaban J connectivity index is 2.34. The minimum absolute atomic E-state index is 0.791. The van der Waals surface area contributed by atoms with Crippen molar-refractivity contribution in [3.8, 4) is 10.4 Å². The third-order valence-electron chi connectivity index (χ3n) is 1.75. The van der Waals surface area contributed by atoms with Gasteiger partial charge in [-0.05, 0) is 18.4 Å². The van der Waals surface area contributed by atoms with Crippen LogP contribution in [0.2, 0.25) is 5.02 Å². The van der Waals surface area contributed by atoms with Crippen molar-refractivity contribution >= 4 is 46.0 Å². The molecule has 1 aromatic carbocycles. The van der Waals surface area contributed by atoms with E-state index >= 15 is 0 Å². The minimum Gasteiger partial charge on any atom is -0.0843 e. The first-order chi connectivity index (χ1) is 6.79. The van der Waals surface area contributed by atoms with E-state index in [1.165, 1.54) is 14.0 Å². The van der Waals surface area contributed by atoms with Crippen LogP contribution < -0.4 is 0 Å². The second-order valence-corrected chi connectivity index (χ2v) is 6.62. The normalized spacial score (nSPS) is 10.4. The van der Waals surface area contributed by atoms with Crippen molar-refractivity contribution in [3.63, 3.8) is 0 Å². The van der Waals surface area contributed by atoms with E-state index in [1.807, 2.05) is 23.5 Å². The summed E-state index contributed by atoms with van der Waals surface area (Å²) in [6.07, 6.45) is 2.11. The summed E-state index contributed by atoms with van der Waals surface area (Å²) in [5, 5.41) is 2.98. The molecule has 0 atom stereocenters. The molecular formula is C10H8ClS3+. The zero-order valence-electron chi connectivity index (χ0n) is 7.49. The lowest BCUT2D eigenvalue weighted by atomic mass is 10.2. The SMILES string of the molecule is CSc1sc(-c2ccc(Cl)cc2)c[s+]1. The van der Waals surface area contributed by atoms with Crippen molar-refractivity contribution in [2.24, 2.45) is 0 Å². The third-order valence-corrected chi connectivity index (χ3v) is 5.85. The summed E-state index contributed by atoms with van der Waals surface area (Å²) in [5.74, 6) is 0. The van der Waals surface area contributed by atoms with E-state index in [2.05, 4.69) is 23.8 Å². The van der Waals surface area contributed by atoms with E-state index in [-0.39, 0.29) is 0 Å². The van der Waals surface area contributed by atoms with Crippen molar-refractivity contribution < 1.29 is 0 Å². The van der Waals surface area contributed by atoms with Gasteiger partial charge in [-0.15, -0.1) is 0 Å². The van der Waals surface area contributed by atoms with Gasteiger partial charge in [-0.2, -0.15) is 0 Å². The fourth-order valence-corrected chi connectivity index (χ4v) is 4.04. The van der Waals surface area contributed by atoms with E-state index in [1.54, 1.807) is 23.1 Å². The van der Waals surface area contributed by atoms with E-state index in [0.717, 1.165) is 5.02 Å². The standard InChI is InChI=1S/C10H8ClS3/c1-12-10-13-6-9(14-10)7-2-4-8(11)5-3-7/h2-6H,1H3/q+1. The highest BCUT2D eigenvalue weighted by Crippen LogP contribution is 2.36. The summed E-state index contributed by atoms with van der Waals surface area (Å²) >= 11 is 11.3. The molecule has 72 valence electrons. The Morgan fingerprint density at radius 3 is 2.57 bits per heavy atom. The molecule has 0 spiro atoms. The average Bonchev–Trinajstić information content (AvgIpc) is 2.67. The maximum atomic E-state index is 5.83. The zero-order chi connectivity index (χ0) is 9.97. The lowest BCUT2D eigenvalue weighted by Crippen LogP contribution is -1.69. The van der Waals surface area contributed by atoms with Gasteiger partial charge in [-0.25, -0.2) is 0 Å². The predicted octanol–water partition coefficient (Wildman–Crippen LogP) is 5.13. The molecule has 0 bridgehead atoms. The fourth-order valence-electron chi connectivity index (χ4n) is 1.07. The molecule has 14 heavy (non-hydrogen) atoms. The highest BCUT2D eigenvalue weighted by molar-refractivity contribution is 8.02. The first-order valence-electron chi connectivity index (χ1n) is 4.01. The monoisotopic (exact) mass is 259 g/mol.